The molecule has 0 radical (unpaired) electrons. The van der Waals surface area contributed by atoms with Gasteiger partial charge in [-0.15, -0.1) is 0 Å². The molecule has 4 nitrogen and oxygen atoms in total. The maximum atomic E-state index is 10.3. The molecular weight excluding hydrogens is 252 g/mol. The van der Waals surface area contributed by atoms with Crippen LogP contribution in [0.2, 0.25) is 0 Å². The molecule has 0 saturated carbocycles. The molecule has 0 aliphatic heterocycles. The molecule has 1 atom stereocenters. The van der Waals surface area contributed by atoms with Gasteiger partial charge in [0.25, 0.3) is 0 Å². The summed E-state index contributed by atoms with van der Waals surface area (Å²) in [6, 6.07) is 5.58. The molecule has 0 saturated heterocycles. The highest BCUT2D eigenvalue weighted by Crippen LogP contribution is 2.24. The largest absolute Gasteiger partial charge is 0.493 e. The molecule has 0 aliphatic carbocycles. The highest BCUT2D eigenvalue weighted by atomic mass is 16.5. The molecule has 0 spiro atoms. The summed E-state index contributed by atoms with van der Waals surface area (Å²) in [6.45, 7) is 9.28. The van der Waals surface area contributed by atoms with Gasteiger partial charge in [-0.3, -0.25) is 0 Å². The third kappa shape index (κ3) is 6.15. The minimum absolute atomic E-state index is 0.455. The Labute approximate surface area is 122 Å². The van der Waals surface area contributed by atoms with Gasteiger partial charge >= 0.3 is 0 Å². The molecule has 0 bridgehead atoms. The van der Waals surface area contributed by atoms with Gasteiger partial charge in [0.05, 0.1) is 12.2 Å². The van der Waals surface area contributed by atoms with Gasteiger partial charge in [0.2, 0.25) is 0 Å². The normalized spacial score (nSPS) is 14.1. The molecule has 0 aromatic heterocycles. The first-order valence-electron chi connectivity index (χ1n) is 7.32. The molecule has 1 aromatic rings. The van der Waals surface area contributed by atoms with Gasteiger partial charge in [-0.05, 0) is 31.7 Å². The van der Waals surface area contributed by atoms with Crippen LogP contribution in [0.15, 0.2) is 18.2 Å². The topological polar surface area (TPSA) is 67.5 Å². The zero-order chi connectivity index (χ0) is 15.2. The van der Waals surface area contributed by atoms with Crippen molar-refractivity contribution >= 4 is 11.4 Å². The molecule has 1 unspecified atom stereocenters. The zero-order valence-electron chi connectivity index (χ0n) is 13.1. The predicted molar refractivity (Wildman–Crippen MR) is 85.2 cm³/mol. The van der Waals surface area contributed by atoms with Crippen molar-refractivity contribution in [3.8, 4) is 5.75 Å². The quantitative estimate of drug-likeness (QED) is 0.639. The van der Waals surface area contributed by atoms with E-state index in [1.807, 2.05) is 25.1 Å². The molecule has 1 aromatic carbocycles. The first-order valence-corrected chi connectivity index (χ1v) is 7.32. The maximum absolute atomic E-state index is 10.3. The van der Waals surface area contributed by atoms with Crippen LogP contribution in [-0.2, 0) is 0 Å². The SMILES string of the molecule is CCCOc1cc(N)cc(NCC(C)(O)CC(C)C)c1. The Morgan fingerprint density at radius 1 is 1.35 bits per heavy atom. The van der Waals surface area contributed by atoms with E-state index in [0.717, 1.165) is 24.3 Å². The third-order valence-corrected chi connectivity index (χ3v) is 2.92. The van der Waals surface area contributed by atoms with Crippen molar-refractivity contribution in [3.05, 3.63) is 18.2 Å². The Bertz CT molecular complexity index is 417. The fraction of sp³-hybridized carbons (Fsp3) is 0.625. The van der Waals surface area contributed by atoms with Crippen LogP contribution in [0.5, 0.6) is 5.75 Å². The number of nitrogens with one attached hydrogen (secondary N) is 1. The first kappa shape index (κ1) is 16.6. The predicted octanol–water partition coefficient (Wildman–Crippen LogP) is 3.27. The number of ether oxygens (including phenoxy) is 1. The number of hydrogen-bond donors (Lipinski definition) is 3. The zero-order valence-corrected chi connectivity index (χ0v) is 13.1. The van der Waals surface area contributed by atoms with Gasteiger partial charge in [-0.1, -0.05) is 20.8 Å². The minimum Gasteiger partial charge on any atom is -0.493 e. The Hall–Kier alpha value is -1.42. The summed E-state index contributed by atoms with van der Waals surface area (Å²) in [6.07, 6.45) is 1.71. The van der Waals surface area contributed by atoms with Gasteiger partial charge in [-0.2, -0.15) is 0 Å². The first-order chi connectivity index (χ1) is 9.32. The lowest BCUT2D eigenvalue weighted by Crippen LogP contribution is -2.34. The van der Waals surface area contributed by atoms with E-state index in [1.165, 1.54) is 0 Å². The molecular formula is C16H28N2O2. The maximum Gasteiger partial charge on any atom is 0.123 e. The van der Waals surface area contributed by atoms with Crippen molar-refractivity contribution in [2.24, 2.45) is 5.92 Å². The highest BCUT2D eigenvalue weighted by Gasteiger charge is 2.21. The summed E-state index contributed by atoms with van der Waals surface area (Å²) >= 11 is 0. The molecule has 114 valence electrons. The van der Waals surface area contributed by atoms with E-state index in [-0.39, 0.29) is 0 Å². The molecule has 0 amide bonds. The van der Waals surface area contributed by atoms with E-state index in [9.17, 15) is 5.11 Å². The Morgan fingerprint density at radius 3 is 2.65 bits per heavy atom. The summed E-state index contributed by atoms with van der Waals surface area (Å²) in [7, 11) is 0. The van der Waals surface area contributed by atoms with E-state index in [2.05, 4.69) is 26.1 Å². The van der Waals surface area contributed by atoms with Gasteiger partial charge < -0.3 is 20.9 Å². The van der Waals surface area contributed by atoms with Crippen molar-refractivity contribution in [1.82, 2.24) is 0 Å². The summed E-state index contributed by atoms with van der Waals surface area (Å²) in [5, 5.41) is 13.5. The lowest BCUT2D eigenvalue weighted by atomic mass is 9.94. The summed E-state index contributed by atoms with van der Waals surface area (Å²) in [4.78, 5) is 0. The average molecular weight is 280 g/mol. The van der Waals surface area contributed by atoms with Crippen molar-refractivity contribution in [2.75, 3.05) is 24.2 Å². The monoisotopic (exact) mass is 280 g/mol. The van der Waals surface area contributed by atoms with E-state index < -0.39 is 5.60 Å². The van der Waals surface area contributed by atoms with Crippen LogP contribution >= 0.6 is 0 Å². The second-order valence-electron chi connectivity index (χ2n) is 6.09. The lowest BCUT2D eigenvalue weighted by Gasteiger charge is -2.26. The number of nitrogens with two attached hydrogens (primary N) is 1. The van der Waals surface area contributed by atoms with Crippen LogP contribution in [0, 0.1) is 5.92 Å². The number of hydrogen-bond acceptors (Lipinski definition) is 4. The second kappa shape index (κ2) is 7.39. The molecule has 1 rings (SSSR count). The van der Waals surface area contributed by atoms with Crippen LogP contribution in [0.1, 0.15) is 40.5 Å². The van der Waals surface area contributed by atoms with E-state index >= 15 is 0 Å². The van der Waals surface area contributed by atoms with Crippen LogP contribution in [0.3, 0.4) is 0 Å². The summed E-state index contributed by atoms with van der Waals surface area (Å²) in [5.41, 5.74) is 6.67. The van der Waals surface area contributed by atoms with Crippen molar-refractivity contribution in [2.45, 2.75) is 46.1 Å². The number of nitrogen functional groups attached to an aromatic ring is 1. The highest BCUT2D eigenvalue weighted by molar-refractivity contribution is 5.59. The Morgan fingerprint density at radius 2 is 2.05 bits per heavy atom. The molecule has 20 heavy (non-hydrogen) atoms. The van der Waals surface area contributed by atoms with Crippen molar-refractivity contribution in [3.63, 3.8) is 0 Å². The standard InChI is InChI=1S/C16H28N2O2/c1-5-6-20-15-8-13(17)7-14(9-15)18-11-16(4,19)10-12(2)3/h7-9,12,18-19H,5-6,10-11,17H2,1-4H3. The van der Waals surface area contributed by atoms with Crippen LogP contribution < -0.4 is 15.8 Å². The smallest absolute Gasteiger partial charge is 0.123 e. The fourth-order valence-electron chi connectivity index (χ4n) is 2.27. The molecule has 0 aliphatic rings. The molecule has 4 N–H and O–H groups in total. The van der Waals surface area contributed by atoms with E-state index in [0.29, 0.717) is 24.8 Å². The van der Waals surface area contributed by atoms with Crippen molar-refractivity contribution < 1.29 is 9.84 Å². The molecule has 0 heterocycles. The number of anilines is 2. The fourth-order valence-corrected chi connectivity index (χ4v) is 2.27. The van der Waals surface area contributed by atoms with Gasteiger partial charge in [0.1, 0.15) is 5.75 Å². The van der Waals surface area contributed by atoms with E-state index in [4.69, 9.17) is 10.5 Å². The number of aliphatic hydroxyl groups is 1. The van der Waals surface area contributed by atoms with Crippen LogP contribution in [0.4, 0.5) is 11.4 Å². The minimum atomic E-state index is -0.733. The third-order valence-electron chi connectivity index (χ3n) is 2.92. The van der Waals surface area contributed by atoms with Crippen LogP contribution in [-0.4, -0.2) is 23.9 Å². The Kier molecular flexibility index (Phi) is 6.14. The summed E-state index contributed by atoms with van der Waals surface area (Å²) in [5.74, 6) is 1.22. The second-order valence-corrected chi connectivity index (χ2v) is 6.09. The van der Waals surface area contributed by atoms with Gasteiger partial charge in [0, 0.05) is 30.1 Å². The Balaban J connectivity index is 2.65. The molecule has 0 fully saturated rings. The number of benzene rings is 1. The van der Waals surface area contributed by atoms with E-state index in [1.54, 1.807) is 0 Å². The van der Waals surface area contributed by atoms with Crippen molar-refractivity contribution in [1.29, 1.82) is 0 Å². The summed E-state index contributed by atoms with van der Waals surface area (Å²) < 4.78 is 5.59. The lowest BCUT2D eigenvalue weighted by molar-refractivity contribution is 0.0515. The van der Waals surface area contributed by atoms with Crippen LogP contribution in [0.25, 0.3) is 0 Å². The average Bonchev–Trinajstić information content (AvgIpc) is 2.32. The van der Waals surface area contributed by atoms with Gasteiger partial charge in [0.15, 0.2) is 0 Å². The number of rotatable bonds is 8. The molecule has 4 heteroatoms. The van der Waals surface area contributed by atoms with Gasteiger partial charge in [-0.25, -0.2) is 0 Å².